The number of aromatic amines is 1. The number of imidazole rings is 1. The first-order chi connectivity index (χ1) is 8.62. The molecule has 2 rings (SSSR count). The van der Waals surface area contributed by atoms with Gasteiger partial charge in [-0.2, -0.15) is 0 Å². The summed E-state index contributed by atoms with van der Waals surface area (Å²) in [4.78, 5) is 29.7. The number of nitrogens with zero attached hydrogens (tertiary/aromatic N) is 1. The zero-order valence-electron chi connectivity index (χ0n) is 9.90. The van der Waals surface area contributed by atoms with Gasteiger partial charge in [-0.05, 0) is 12.8 Å². The molecule has 0 atom stereocenters. The van der Waals surface area contributed by atoms with Crippen molar-refractivity contribution in [3.63, 3.8) is 0 Å². The zero-order chi connectivity index (χ0) is 13.0. The van der Waals surface area contributed by atoms with Gasteiger partial charge in [0.2, 0.25) is 0 Å². The molecule has 0 unspecified atom stereocenters. The van der Waals surface area contributed by atoms with Crippen LogP contribution in [0.4, 0.5) is 4.79 Å². The Morgan fingerprint density at radius 2 is 2.17 bits per heavy atom. The predicted octanol–water partition coefficient (Wildman–Crippen LogP) is 0.606. The third-order valence-corrected chi connectivity index (χ3v) is 3.19. The SMILES string of the molecule is O=C(NCc1ncc[nH]1)NC1(C(=O)O)CCCC1. The highest BCUT2D eigenvalue weighted by molar-refractivity contribution is 5.86. The highest BCUT2D eigenvalue weighted by Gasteiger charge is 2.42. The molecule has 0 bridgehead atoms. The van der Waals surface area contributed by atoms with Crippen LogP contribution in [-0.4, -0.2) is 32.6 Å². The number of aromatic nitrogens is 2. The summed E-state index contributed by atoms with van der Waals surface area (Å²) in [6.45, 7) is 0.245. The number of amides is 2. The molecule has 1 aromatic rings. The van der Waals surface area contributed by atoms with Gasteiger partial charge in [0.05, 0.1) is 6.54 Å². The summed E-state index contributed by atoms with van der Waals surface area (Å²) in [6, 6.07) is -0.476. The molecular weight excluding hydrogens is 236 g/mol. The number of nitrogens with one attached hydrogen (secondary N) is 3. The molecular formula is C11H16N4O3. The van der Waals surface area contributed by atoms with Gasteiger partial charge in [0, 0.05) is 12.4 Å². The maximum absolute atomic E-state index is 11.7. The Hall–Kier alpha value is -2.05. The number of aliphatic carboxylic acids is 1. The molecule has 7 nitrogen and oxygen atoms in total. The second-order valence-electron chi connectivity index (χ2n) is 4.44. The standard InChI is InChI=1S/C11H16N4O3/c16-9(17)11(3-1-2-4-11)15-10(18)14-7-8-12-5-6-13-8/h5-6H,1-4,7H2,(H,12,13)(H,16,17)(H2,14,15,18). The monoisotopic (exact) mass is 252 g/mol. The molecule has 0 aliphatic heterocycles. The van der Waals surface area contributed by atoms with Gasteiger partial charge in [-0.1, -0.05) is 12.8 Å². The third-order valence-electron chi connectivity index (χ3n) is 3.19. The minimum absolute atomic E-state index is 0.245. The van der Waals surface area contributed by atoms with Gasteiger partial charge in [0.1, 0.15) is 11.4 Å². The maximum Gasteiger partial charge on any atom is 0.329 e. The van der Waals surface area contributed by atoms with Crippen molar-refractivity contribution in [1.29, 1.82) is 0 Å². The molecule has 0 saturated heterocycles. The van der Waals surface area contributed by atoms with E-state index in [0.29, 0.717) is 18.7 Å². The van der Waals surface area contributed by atoms with Crippen molar-refractivity contribution in [2.75, 3.05) is 0 Å². The number of carboxylic acid groups (broad SMARTS) is 1. The lowest BCUT2D eigenvalue weighted by atomic mass is 9.98. The lowest BCUT2D eigenvalue weighted by Gasteiger charge is -2.25. The average molecular weight is 252 g/mol. The van der Waals surface area contributed by atoms with E-state index in [2.05, 4.69) is 20.6 Å². The van der Waals surface area contributed by atoms with Crippen LogP contribution in [-0.2, 0) is 11.3 Å². The van der Waals surface area contributed by atoms with Crippen molar-refractivity contribution >= 4 is 12.0 Å². The minimum atomic E-state index is -1.10. The summed E-state index contributed by atoms with van der Waals surface area (Å²) >= 11 is 0. The summed E-state index contributed by atoms with van der Waals surface area (Å²) < 4.78 is 0. The van der Waals surface area contributed by atoms with Gasteiger partial charge in [-0.15, -0.1) is 0 Å². The van der Waals surface area contributed by atoms with Crippen molar-refractivity contribution < 1.29 is 14.7 Å². The molecule has 18 heavy (non-hydrogen) atoms. The first-order valence-electron chi connectivity index (χ1n) is 5.90. The lowest BCUT2D eigenvalue weighted by molar-refractivity contribution is -0.144. The van der Waals surface area contributed by atoms with Crippen LogP contribution in [0.3, 0.4) is 0 Å². The maximum atomic E-state index is 11.7. The molecule has 1 aliphatic rings. The number of hydrogen-bond acceptors (Lipinski definition) is 3. The lowest BCUT2D eigenvalue weighted by Crippen LogP contribution is -2.55. The van der Waals surface area contributed by atoms with Crippen molar-refractivity contribution in [2.24, 2.45) is 0 Å². The van der Waals surface area contributed by atoms with Crippen molar-refractivity contribution in [3.8, 4) is 0 Å². The molecule has 1 aliphatic carbocycles. The predicted molar refractivity (Wildman–Crippen MR) is 62.8 cm³/mol. The quantitative estimate of drug-likeness (QED) is 0.629. The minimum Gasteiger partial charge on any atom is -0.480 e. The molecule has 1 fully saturated rings. The Labute approximate surface area is 104 Å². The van der Waals surface area contributed by atoms with E-state index in [0.717, 1.165) is 12.8 Å². The molecule has 1 saturated carbocycles. The summed E-state index contributed by atoms with van der Waals surface area (Å²) in [7, 11) is 0. The molecule has 4 N–H and O–H groups in total. The molecule has 1 heterocycles. The second-order valence-corrected chi connectivity index (χ2v) is 4.44. The van der Waals surface area contributed by atoms with Crippen LogP contribution in [0.2, 0.25) is 0 Å². The van der Waals surface area contributed by atoms with Gasteiger partial charge >= 0.3 is 12.0 Å². The van der Waals surface area contributed by atoms with E-state index in [9.17, 15) is 14.7 Å². The van der Waals surface area contributed by atoms with Crippen molar-refractivity contribution in [3.05, 3.63) is 18.2 Å². The van der Waals surface area contributed by atoms with Crippen LogP contribution < -0.4 is 10.6 Å². The summed E-state index contributed by atoms with van der Waals surface area (Å²) in [6.07, 6.45) is 5.86. The Bertz CT molecular complexity index is 424. The Morgan fingerprint density at radius 3 is 2.72 bits per heavy atom. The fourth-order valence-corrected chi connectivity index (χ4v) is 2.19. The summed E-state index contributed by atoms with van der Waals surface area (Å²) in [5.74, 6) is -0.339. The fourth-order valence-electron chi connectivity index (χ4n) is 2.19. The van der Waals surface area contributed by atoms with Crippen molar-refractivity contribution in [1.82, 2.24) is 20.6 Å². The Balaban J connectivity index is 1.88. The van der Waals surface area contributed by atoms with E-state index in [1.165, 1.54) is 0 Å². The number of urea groups is 1. The molecule has 98 valence electrons. The number of H-pyrrole nitrogens is 1. The average Bonchev–Trinajstić information content (AvgIpc) is 2.97. The smallest absolute Gasteiger partial charge is 0.329 e. The topological polar surface area (TPSA) is 107 Å². The fraction of sp³-hybridized carbons (Fsp3) is 0.545. The van der Waals surface area contributed by atoms with Gasteiger partial charge in [0.15, 0.2) is 0 Å². The highest BCUT2D eigenvalue weighted by atomic mass is 16.4. The van der Waals surface area contributed by atoms with Gasteiger partial charge in [-0.25, -0.2) is 14.6 Å². The van der Waals surface area contributed by atoms with E-state index in [1.54, 1.807) is 12.4 Å². The van der Waals surface area contributed by atoms with Crippen LogP contribution in [0.1, 0.15) is 31.5 Å². The largest absolute Gasteiger partial charge is 0.480 e. The normalized spacial score (nSPS) is 17.3. The van der Waals surface area contributed by atoms with E-state index in [-0.39, 0.29) is 6.54 Å². The molecule has 0 spiro atoms. The molecule has 0 radical (unpaired) electrons. The van der Waals surface area contributed by atoms with Crippen LogP contribution in [0, 0.1) is 0 Å². The number of hydrogen-bond donors (Lipinski definition) is 4. The Morgan fingerprint density at radius 1 is 1.44 bits per heavy atom. The zero-order valence-corrected chi connectivity index (χ0v) is 9.90. The number of carbonyl (C=O) groups excluding carboxylic acids is 1. The van der Waals surface area contributed by atoms with Gasteiger partial charge in [0.25, 0.3) is 0 Å². The van der Waals surface area contributed by atoms with Gasteiger partial charge < -0.3 is 20.7 Å². The van der Waals surface area contributed by atoms with E-state index >= 15 is 0 Å². The summed E-state index contributed by atoms with van der Waals surface area (Å²) in [5.41, 5.74) is -1.10. The second kappa shape index (κ2) is 5.07. The van der Waals surface area contributed by atoms with Crippen LogP contribution in [0.15, 0.2) is 12.4 Å². The van der Waals surface area contributed by atoms with Crippen LogP contribution >= 0.6 is 0 Å². The number of carboxylic acids is 1. The Kier molecular flexibility index (Phi) is 3.50. The molecule has 2 amide bonds. The molecule has 7 heteroatoms. The molecule has 0 aromatic carbocycles. The first-order valence-corrected chi connectivity index (χ1v) is 5.90. The third kappa shape index (κ3) is 2.61. The number of carbonyl (C=O) groups is 2. The van der Waals surface area contributed by atoms with E-state index < -0.39 is 17.5 Å². The van der Waals surface area contributed by atoms with E-state index in [1.807, 2.05) is 0 Å². The summed E-state index contributed by atoms with van der Waals surface area (Å²) in [5, 5.41) is 14.4. The van der Waals surface area contributed by atoms with Crippen LogP contribution in [0.5, 0.6) is 0 Å². The first kappa shape index (κ1) is 12.4. The highest BCUT2D eigenvalue weighted by Crippen LogP contribution is 2.29. The van der Waals surface area contributed by atoms with Crippen molar-refractivity contribution in [2.45, 2.75) is 37.8 Å². The van der Waals surface area contributed by atoms with Gasteiger partial charge in [-0.3, -0.25) is 0 Å². The molecule has 1 aromatic heterocycles. The van der Waals surface area contributed by atoms with Crippen LogP contribution in [0.25, 0.3) is 0 Å². The number of rotatable bonds is 4. The van der Waals surface area contributed by atoms with E-state index in [4.69, 9.17) is 0 Å².